The molecule has 0 spiro atoms. The molecule has 1 N–H and O–H groups in total. The van der Waals surface area contributed by atoms with E-state index in [9.17, 15) is 5.11 Å². The molecule has 0 heterocycles. The predicted octanol–water partition coefficient (Wildman–Crippen LogP) is 4.29. The Balaban J connectivity index is 2.50. The summed E-state index contributed by atoms with van der Waals surface area (Å²) in [6, 6.07) is 3.52. The SMILES string of the molecule is CC(C)c1cc(O)cc(Cl)c1[C@H]1C[C@@H]1C. The molecule has 1 aliphatic carbocycles. The van der Waals surface area contributed by atoms with Gasteiger partial charge in [-0.2, -0.15) is 0 Å². The molecule has 0 aliphatic heterocycles. The van der Waals surface area contributed by atoms with Crippen LogP contribution in [0.2, 0.25) is 5.02 Å². The Morgan fingerprint density at radius 1 is 1.40 bits per heavy atom. The highest BCUT2D eigenvalue weighted by atomic mass is 35.5. The van der Waals surface area contributed by atoms with E-state index in [4.69, 9.17) is 11.6 Å². The number of rotatable bonds is 2. The van der Waals surface area contributed by atoms with Crippen LogP contribution in [0.4, 0.5) is 0 Å². The third-order valence-electron chi connectivity index (χ3n) is 3.25. The topological polar surface area (TPSA) is 20.2 Å². The van der Waals surface area contributed by atoms with Gasteiger partial charge in [-0.05, 0) is 47.4 Å². The summed E-state index contributed by atoms with van der Waals surface area (Å²) in [7, 11) is 0. The largest absolute Gasteiger partial charge is 0.508 e. The molecule has 2 heteroatoms. The first kappa shape index (κ1) is 10.8. The Bertz CT molecular complexity index is 384. The fraction of sp³-hybridized carbons (Fsp3) is 0.538. The summed E-state index contributed by atoms with van der Waals surface area (Å²) in [5.74, 6) is 2.04. The Labute approximate surface area is 96.1 Å². The van der Waals surface area contributed by atoms with Gasteiger partial charge in [0.1, 0.15) is 5.75 Å². The van der Waals surface area contributed by atoms with Gasteiger partial charge >= 0.3 is 0 Å². The smallest absolute Gasteiger partial charge is 0.117 e. The maximum atomic E-state index is 9.55. The average molecular weight is 225 g/mol. The zero-order valence-corrected chi connectivity index (χ0v) is 10.2. The van der Waals surface area contributed by atoms with Crippen LogP contribution in [0.25, 0.3) is 0 Å². The molecule has 0 saturated heterocycles. The number of benzene rings is 1. The third-order valence-corrected chi connectivity index (χ3v) is 3.56. The second-order valence-electron chi connectivity index (χ2n) is 4.90. The van der Waals surface area contributed by atoms with Crippen molar-refractivity contribution in [3.8, 4) is 5.75 Å². The lowest BCUT2D eigenvalue weighted by atomic mass is 9.93. The lowest BCUT2D eigenvalue weighted by molar-refractivity contribution is 0.473. The van der Waals surface area contributed by atoms with Gasteiger partial charge in [-0.3, -0.25) is 0 Å². The summed E-state index contributed by atoms with van der Waals surface area (Å²) in [5.41, 5.74) is 2.46. The fourth-order valence-electron chi connectivity index (χ4n) is 2.22. The molecule has 1 aromatic carbocycles. The van der Waals surface area contributed by atoms with E-state index < -0.39 is 0 Å². The van der Waals surface area contributed by atoms with Gasteiger partial charge in [-0.1, -0.05) is 32.4 Å². The molecule has 15 heavy (non-hydrogen) atoms. The molecule has 0 amide bonds. The second-order valence-corrected chi connectivity index (χ2v) is 5.31. The van der Waals surface area contributed by atoms with Crippen LogP contribution in [0.15, 0.2) is 12.1 Å². The molecule has 0 unspecified atom stereocenters. The van der Waals surface area contributed by atoms with Gasteiger partial charge in [0.2, 0.25) is 0 Å². The molecule has 1 aromatic rings. The van der Waals surface area contributed by atoms with Crippen LogP contribution in [0.1, 0.15) is 50.2 Å². The van der Waals surface area contributed by atoms with Gasteiger partial charge in [-0.25, -0.2) is 0 Å². The first-order chi connectivity index (χ1) is 7.00. The van der Waals surface area contributed by atoms with E-state index in [1.165, 1.54) is 17.5 Å². The Morgan fingerprint density at radius 2 is 2.00 bits per heavy atom. The minimum absolute atomic E-state index is 0.278. The summed E-state index contributed by atoms with van der Waals surface area (Å²) in [6.45, 7) is 6.53. The molecular weight excluding hydrogens is 208 g/mol. The summed E-state index contributed by atoms with van der Waals surface area (Å²) in [6.07, 6.45) is 1.23. The van der Waals surface area contributed by atoms with Crippen molar-refractivity contribution < 1.29 is 5.11 Å². The molecule has 1 aliphatic rings. The number of phenolic OH excluding ortho intramolecular Hbond substituents is 1. The molecule has 2 atom stereocenters. The van der Waals surface area contributed by atoms with Gasteiger partial charge in [0.05, 0.1) is 0 Å². The minimum atomic E-state index is 0.278. The van der Waals surface area contributed by atoms with Crippen LogP contribution in [0.3, 0.4) is 0 Å². The zero-order chi connectivity index (χ0) is 11.2. The normalized spacial score (nSPS) is 24.6. The summed E-state index contributed by atoms with van der Waals surface area (Å²) in [4.78, 5) is 0. The molecule has 0 radical (unpaired) electrons. The third kappa shape index (κ3) is 1.98. The predicted molar refractivity (Wildman–Crippen MR) is 63.7 cm³/mol. The van der Waals surface area contributed by atoms with E-state index >= 15 is 0 Å². The summed E-state index contributed by atoms with van der Waals surface area (Å²) >= 11 is 6.22. The van der Waals surface area contributed by atoms with Crippen LogP contribution in [-0.4, -0.2) is 5.11 Å². The van der Waals surface area contributed by atoms with Crippen molar-refractivity contribution in [2.24, 2.45) is 5.92 Å². The highest BCUT2D eigenvalue weighted by Gasteiger charge is 2.37. The number of hydrogen-bond acceptors (Lipinski definition) is 1. The van der Waals surface area contributed by atoms with E-state index in [2.05, 4.69) is 20.8 Å². The zero-order valence-electron chi connectivity index (χ0n) is 9.42. The van der Waals surface area contributed by atoms with Crippen molar-refractivity contribution in [1.82, 2.24) is 0 Å². The fourth-order valence-corrected chi connectivity index (χ4v) is 2.58. The van der Waals surface area contributed by atoms with Crippen molar-refractivity contribution in [2.45, 2.75) is 39.0 Å². The van der Waals surface area contributed by atoms with E-state index in [-0.39, 0.29) is 5.75 Å². The Morgan fingerprint density at radius 3 is 2.47 bits per heavy atom. The van der Waals surface area contributed by atoms with Gasteiger partial charge in [0.15, 0.2) is 0 Å². The van der Waals surface area contributed by atoms with Crippen molar-refractivity contribution in [3.05, 3.63) is 28.3 Å². The summed E-state index contributed by atoms with van der Waals surface area (Å²) in [5, 5.41) is 10.3. The lowest BCUT2D eigenvalue weighted by Crippen LogP contribution is -1.96. The summed E-state index contributed by atoms with van der Waals surface area (Å²) < 4.78 is 0. The molecule has 1 saturated carbocycles. The van der Waals surface area contributed by atoms with Crippen LogP contribution in [-0.2, 0) is 0 Å². The van der Waals surface area contributed by atoms with E-state index in [1.54, 1.807) is 6.07 Å². The molecule has 0 aromatic heterocycles. The molecule has 2 rings (SSSR count). The van der Waals surface area contributed by atoms with Crippen molar-refractivity contribution in [3.63, 3.8) is 0 Å². The Kier molecular flexibility index (Phi) is 2.68. The number of halogens is 1. The molecule has 0 bridgehead atoms. The monoisotopic (exact) mass is 224 g/mol. The number of hydrogen-bond donors (Lipinski definition) is 1. The van der Waals surface area contributed by atoms with Gasteiger partial charge in [-0.15, -0.1) is 0 Å². The van der Waals surface area contributed by atoms with Gasteiger partial charge < -0.3 is 5.11 Å². The second kappa shape index (κ2) is 3.71. The molecule has 1 nitrogen and oxygen atoms in total. The van der Waals surface area contributed by atoms with Crippen LogP contribution in [0, 0.1) is 5.92 Å². The number of aromatic hydroxyl groups is 1. The highest BCUT2D eigenvalue weighted by molar-refractivity contribution is 6.31. The van der Waals surface area contributed by atoms with E-state index in [0.29, 0.717) is 11.8 Å². The maximum absolute atomic E-state index is 9.55. The highest BCUT2D eigenvalue weighted by Crippen LogP contribution is 2.52. The quantitative estimate of drug-likeness (QED) is 0.795. The minimum Gasteiger partial charge on any atom is -0.508 e. The first-order valence-corrected chi connectivity index (χ1v) is 5.90. The van der Waals surface area contributed by atoms with Gasteiger partial charge in [0.25, 0.3) is 0 Å². The molecular formula is C13H17ClO. The first-order valence-electron chi connectivity index (χ1n) is 5.53. The van der Waals surface area contributed by atoms with Crippen LogP contribution < -0.4 is 0 Å². The lowest BCUT2D eigenvalue weighted by Gasteiger charge is -2.15. The van der Waals surface area contributed by atoms with E-state index in [0.717, 1.165) is 10.9 Å². The van der Waals surface area contributed by atoms with Crippen LogP contribution >= 0.6 is 11.6 Å². The van der Waals surface area contributed by atoms with Crippen molar-refractivity contribution in [2.75, 3.05) is 0 Å². The van der Waals surface area contributed by atoms with E-state index in [1.807, 2.05) is 6.07 Å². The van der Waals surface area contributed by atoms with Crippen molar-refractivity contribution >= 4 is 11.6 Å². The standard InChI is InChI=1S/C13H17ClO/c1-7(2)10-5-9(15)6-12(14)13(10)11-4-8(11)3/h5-8,11,15H,4H2,1-3H3/t8-,11-/m0/s1. The maximum Gasteiger partial charge on any atom is 0.117 e. The molecule has 82 valence electrons. The average Bonchev–Trinajstić information content (AvgIpc) is 2.80. The van der Waals surface area contributed by atoms with Crippen LogP contribution in [0.5, 0.6) is 5.75 Å². The molecule has 1 fully saturated rings. The Hall–Kier alpha value is -0.690. The van der Waals surface area contributed by atoms with Crippen molar-refractivity contribution in [1.29, 1.82) is 0 Å². The number of phenols is 1. The van der Waals surface area contributed by atoms with Gasteiger partial charge in [0, 0.05) is 5.02 Å².